The van der Waals surface area contributed by atoms with Crippen LogP contribution >= 0.6 is 0 Å². The summed E-state index contributed by atoms with van der Waals surface area (Å²) >= 11 is 0. The van der Waals surface area contributed by atoms with Crippen molar-refractivity contribution in [2.75, 3.05) is 13.2 Å². The number of unbranched alkanes of at least 4 members (excludes halogenated alkanes) is 11. The lowest BCUT2D eigenvalue weighted by Crippen LogP contribution is -2.24. The standard InChI is InChI=1S/C30H54O4/c1-4-7-10-12-14-19-24-33-29(31)27(23-9-6-3)28(26-21-17-16-18-22-26)30(32)34-25-20-15-13-11-8-5-2/h26H,4-25H2,1-3H3/b28-27-. The maximum atomic E-state index is 13.3. The summed E-state index contributed by atoms with van der Waals surface area (Å²) in [6.07, 6.45) is 21.8. The van der Waals surface area contributed by atoms with E-state index in [1.54, 1.807) is 0 Å². The van der Waals surface area contributed by atoms with Crippen molar-refractivity contribution in [3.63, 3.8) is 0 Å². The lowest BCUT2D eigenvalue weighted by Gasteiger charge is -2.26. The molecule has 0 heterocycles. The van der Waals surface area contributed by atoms with Gasteiger partial charge in [-0.2, -0.15) is 0 Å². The zero-order chi connectivity index (χ0) is 24.9. The van der Waals surface area contributed by atoms with E-state index < -0.39 is 0 Å². The number of carbonyl (C=O) groups excluding carboxylic acids is 2. The van der Waals surface area contributed by atoms with Gasteiger partial charge < -0.3 is 9.47 Å². The second kappa shape index (κ2) is 21.0. The van der Waals surface area contributed by atoms with Crippen molar-refractivity contribution in [2.24, 2.45) is 5.92 Å². The quantitative estimate of drug-likeness (QED) is 0.0996. The third-order valence-electron chi connectivity index (χ3n) is 7.05. The summed E-state index contributed by atoms with van der Waals surface area (Å²) in [6, 6.07) is 0. The highest BCUT2D eigenvalue weighted by molar-refractivity contribution is 6.00. The maximum absolute atomic E-state index is 13.3. The molecule has 4 nitrogen and oxygen atoms in total. The molecule has 0 saturated heterocycles. The molecule has 0 amide bonds. The van der Waals surface area contributed by atoms with Gasteiger partial charge in [-0.3, -0.25) is 0 Å². The van der Waals surface area contributed by atoms with E-state index in [-0.39, 0.29) is 17.9 Å². The lowest BCUT2D eigenvalue weighted by atomic mass is 9.81. The number of hydrogen-bond donors (Lipinski definition) is 0. The Morgan fingerprint density at radius 2 is 1.06 bits per heavy atom. The molecule has 0 atom stereocenters. The Hall–Kier alpha value is -1.32. The predicted octanol–water partition coefficient (Wildman–Crippen LogP) is 8.86. The van der Waals surface area contributed by atoms with Gasteiger partial charge in [0.2, 0.25) is 0 Å². The zero-order valence-electron chi connectivity index (χ0n) is 22.8. The van der Waals surface area contributed by atoms with Crippen LogP contribution in [-0.2, 0) is 19.1 Å². The van der Waals surface area contributed by atoms with Gasteiger partial charge in [-0.15, -0.1) is 0 Å². The van der Waals surface area contributed by atoms with Crippen LogP contribution in [0.3, 0.4) is 0 Å². The van der Waals surface area contributed by atoms with E-state index in [0.717, 1.165) is 64.2 Å². The molecule has 0 spiro atoms. The van der Waals surface area contributed by atoms with E-state index in [1.807, 2.05) is 0 Å². The normalized spacial score (nSPS) is 15.1. The van der Waals surface area contributed by atoms with Gasteiger partial charge in [0.25, 0.3) is 0 Å². The summed E-state index contributed by atoms with van der Waals surface area (Å²) in [6.45, 7) is 7.46. The van der Waals surface area contributed by atoms with Crippen LogP contribution in [0.2, 0.25) is 0 Å². The molecule has 0 unspecified atom stereocenters. The van der Waals surface area contributed by atoms with Gasteiger partial charge in [-0.1, -0.05) is 111 Å². The Morgan fingerprint density at radius 1 is 0.588 bits per heavy atom. The largest absolute Gasteiger partial charge is 0.462 e. The van der Waals surface area contributed by atoms with E-state index in [1.165, 1.54) is 57.8 Å². The fourth-order valence-electron chi connectivity index (χ4n) is 4.89. The molecule has 0 aromatic rings. The summed E-state index contributed by atoms with van der Waals surface area (Å²) < 4.78 is 11.5. The molecule has 1 rings (SSSR count). The molecule has 1 aliphatic carbocycles. The van der Waals surface area contributed by atoms with Crippen molar-refractivity contribution < 1.29 is 19.1 Å². The van der Waals surface area contributed by atoms with Gasteiger partial charge in [-0.25, -0.2) is 9.59 Å². The second-order valence-corrected chi connectivity index (χ2v) is 10.1. The highest BCUT2D eigenvalue weighted by atomic mass is 16.5. The van der Waals surface area contributed by atoms with Crippen LogP contribution in [-0.4, -0.2) is 25.2 Å². The minimum Gasteiger partial charge on any atom is -0.462 e. The molecule has 198 valence electrons. The first-order valence-electron chi connectivity index (χ1n) is 14.7. The number of rotatable bonds is 20. The van der Waals surface area contributed by atoms with E-state index >= 15 is 0 Å². The topological polar surface area (TPSA) is 52.6 Å². The fraction of sp³-hybridized carbons (Fsp3) is 0.867. The number of esters is 2. The molecule has 4 heteroatoms. The van der Waals surface area contributed by atoms with Gasteiger partial charge in [0.15, 0.2) is 0 Å². The van der Waals surface area contributed by atoms with Crippen LogP contribution < -0.4 is 0 Å². The summed E-state index contributed by atoms with van der Waals surface area (Å²) in [7, 11) is 0. The van der Waals surface area contributed by atoms with Gasteiger partial charge in [0.05, 0.1) is 18.8 Å². The first-order valence-corrected chi connectivity index (χ1v) is 14.7. The van der Waals surface area contributed by atoms with Gasteiger partial charge in [-0.05, 0) is 44.4 Å². The molecule has 1 saturated carbocycles. The molecule has 0 aliphatic heterocycles. The first-order chi connectivity index (χ1) is 16.7. The molecule has 34 heavy (non-hydrogen) atoms. The first kappa shape index (κ1) is 30.7. The Bertz CT molecular complexity index is 560. The molecular weight excluding hydrogens is 424 g/mol. The number of carbonyl (C=O) groups is 2. The average Bonchev–Trinajstić information content (AvgIpc) is 2.85. The third kappa shape index (κ3) is 13.5. The minimum atomic E-state index is -0.279. The Balaban J connectivity index is 2.78. The summed E-state index contributed by atoms with van der Waals surface area (Å²) in [5.41, 5.74) is 1.25. The molecule has 0 bridgehead atoms. The minimum absolute atomic E-state index is 0.138. The van der Waals surface area contributed by atoms with Crippen LogP contribution in [0.25, 0.3) is 0 Å². The summed E-state index contributed by atoms with van der Waals surface area (Å²) in [4.78, 5) is 26.4. The number of ether oxygens (including phenoxy) is 2. The van der Waals surface area contributed by atoms with Gasteiger partial charge >= 0.3 is 11.9 Å². The summed E-state index contributed by atoms with van der Waals surface area (Å²) in [5.74, 6) is -0.401. The predicted molar refractivity (Wildman–Crippen MR) is 142 cm³/mol. The maximum Gasteiger partial charge on any atom is 0.334 e. The molecule has 0 aromatic heterocycles. The Morgan fingerprint density at radius 3 is 1.59 bits per heavy atom. The van der Waals surface area contributed by atoms with Crippen LogP contribution in [0.4, 0.5) is 0 Å². The van der Waals surface area contributed by atoms with Crippen molar-refractivity contribution >= 4 is 11.9 Å². The molecule has 1 aliphatic rings. The second-order valence-electron chi connectivity index (χ2n) is 10.1. The smallest absolute Gasteiger partial charge is 0.334 e. The van der Waals surface area contributed by atoms with Crippen LogP contribution in [0, 0.1) is 5.92 Å². The van der Waals surface area contributed by atoms with E-state index in [9.17, 15) is 9.59 Å². The van der Waals surface area contributed by atoms with Crippen LogP contribution in [0.1, 0.15) is 149 Å². The molecular formula is C30H54O4. The molecule has 0 radical (unpaired) electrons. The van der Waals surface area contributed by atoms with Crippen molar-refractivity contribution in [2.45, 2.75) is 149 Å². The molecule has 0 aromatic carbocycles. The van der Waals surface area contributed by atoms with Crippen molar-refractivity contribution in [1.29, 1.82) is 0 Å². The van der Waals surface area contributed by atoms with Crippen LogP contribution in [0.5, 0.6) is 0 Å². The Kier molecular flexibility index (Phi) is 19.0. The van der Waals surface area contributed by atoms with E-state index in [0.29, 0.717) is 30.8 Å². The van der Waals surface area contributed by atoms with E-state index in [4.69, 9.17) is 9.47 Å². The number of hydrogen-bond acceptors (Lipinski definition) is 4. The van der Waals surface area contributed by atoms with Gasteiger partial charge in [0, 0.05) is 5.57 Å². The molecule has 1 fully saturated rings. The van der Waals surface area contributed by atoms with Gasteiger partial charge in [0.1, 0.15) is 0 Å². The highest BCUT2D eigenvalue weighted by Crippen LogP contribution is 2.34. The van der Waals surface area contributed by atoms with E-state index in [2.05, 4.69) is 20.8 Å². The summed E-state index contributed by atoms with van der Waals surface area (Å²) in [5, 5.41) is 0. The third-order valence-corrected chi connectivity index (χ3v) is 7.05. The Labute approximate surface area is 210 Å². The monoisotopic (exact) mass is 478 g/mol. The fourth-order valence-corrected chi connectivity index (χ4v) is 4.89. The van der Waals surface area contributed by atoms with Crippen molar-refractivity contribution in [1.82, 2.24) is 0 Å². The highest BCUT2D eigenvalue weighted by Gasteiger charge is 2.30. The lowest BCUT2D eigenvalue weighted by molar-refractivity contribution is -0.143. The van der Waals surface area contributed by atoms with Crippen LogP contribution in [0.15, 0.2) is 11.1 Å². The zero-order valence-corrected chi connectivity index (χ0v) is 22.8. The van der Waals surface area contributed by atoms with Crippen molar-refractivity contribution in [3.8, 4) is 0 Å². The van der Waals surface area contributed by atoms with Crippen molar-refractivity contribution in [3.05, 3.63) is 11.1 Å². The molecule has 0 N–H and O–H groups in total. The average molecular weight is 479 g/mol. The SMILES string of the molecule is CCCCCCCCOC(=O)/C(CCCC)=C(\C(=O)OCCCCCCCC)C1CCCCC1.